The summed E-state index contributed by atoms with van der Waals surface area (Å²) in [6.07, 6.45) is 0. The highest BCUT2D eigenvalue weighted by Crippen LogP contribution is 2.33. The van der Waals surface area contributed by atoms with E-state index < -0.39 is 0 Å². The van der Waals surface area contributed by atoms with Gasteiger partial charge in [-0.15, -0.1) is 10.2 Å². The lowest BCUT2D eigenvalue weighted by molar-refractivity contribution is 0.102. The number of fused-ring (bicyclic) bond motifs is 1. The third-order valence-corrected chi connectivity index (χ3v) is 5.22. The number of nitrogens with zero attached hydrogens (tertiary/aromatic N) is 4. The van der Waals surface area contributed by atoms with Crippen LogP contribution in [0.2, 0.25) is 0 Å². The molecule has 0 aliphatic heterocycles. The Morgan fingerprint density at radius 2 is 1.97 bits per heavy atom. The van der Waals surface area contributed by atoms with Gasteiger partial charge in [-0.25, -0.2) is 0 Å². The van der Waals surface area contributed by atoms with Crippen molar-refractivity contribution in [3.8, 4) is 22.1 Å². The number of aryl methyl sites for hydroxylation is 1. The lowest BCUT2D eigenvalue weighted by atomic mass is 10.1. The Bertz CT molecular complexity index is 1170. The molecule has 8 nitrogen and oxygen atoms in total. The molecule has 0 fully saturated rings. The van der Waals surface area contributed by atoms with Crippen molar-refractivity contribution >= 4 is 27.9 Å². The molecule has 2 heterocycles. The minimum atomic E-state index is -0.238. The molecule has 0 bridgehead atoms. The minimum Gasteiger partial charge on any atom is -0.495 e. The van der Waals surface area contributed by atoms with Gasteiger partial charge in [-0.3, -0.25) is 4.79 Å². The number of hydrogen-bond acceptors (Lipinski definition) is 7. The van der Waals surface area contributed by atoms with Crippen LogP contribution in [0.4, 0.5) is 5.69 Å². The molecule has 0 saturated carbocycles. The quantitative estimate of drug-likeness (QED) is 0.521. The molecular formula is C20H19N5O3S. The summed E-state index contributed by atoms with van der Waals surface area (Å²) in [6.45, 7) is 4.34. The fraction of sp³-hybridized carbons (Fsp3) is 0.200. The van der Waals surface area contributed by atoms with Crippen molar-refractivity contribution < 1.29 is 14.3 Å². The van der Waals surface area contributed by atoms with E-state index >= 15 is 0 Å². The third kappa shape index (κ3) is 3.77. The number of anilines is 1. The number of nitrogens with one attached hydrogen (secondary N) is 1. The molecular weight excluding hydrogens is 390 g/mol. The minimum absolute atomic E-state index is 0.238. The molecule has 0 aliphatic rings. The van der Waals surface area contributed by atoms with E-state index in [1.54, 1.807) is 42.0 Å². The summed E-state index contributed by atoms with van der Waals surface area (Å²) < 4.78 is 12.5. The predicted octanol–water partition coefficient (Wildman–Crippen LogP) is 3.82. The molecule has 9 heteroatoms. The topological polar surface area (TPSA) is 90.6 Å². The first kappa shape index (κ1) is 18.9. The van der Waals surface area contributed by atoms with Crippen molar-refractivity contribution in [2.24, 2.45) is 0 Å². The van der Waals surface area contributed by atoms with E-state index in [0.29, 0.717) is 28.6 Å². The van der Waals surface area contributed by atoms with Gasteiger partial charge >= 0.3 is 0 Å². The Kier molecular flexibility index (Phi) is 5.13. The van der Waals surface area contributed by atoms with Gasteiger partial charge in [0.15, 0.2) is 5.82 Å². The maximum atomic E-state index is 12.7. The number of hydrogen-bond donors (Lipinski definition) is 1. The Labute approximate surface area is 171 Å². The lowest BCUT2D eigenvalue weighted by Gasteiger charge is -2.12. The van der Waals surface area contributed by atoms with Crippen LogP contribution in [0.1, 0.15) is 23.1 Å². The SMILES string of the molecule is CCOc1ccc(C(=O)Nc2cc(-c3nn4c(C)nnc4s3)ccc2OC)cc1. The smallest absolute Gasteiger partial charge is 0.255 e. The molecule has 0 radical (unpaired) electrons. The summed E-state index contributed by atoms with van der Waals surface area (Å²) in [6, 6.07) is 12.5. The molecule has 0 saturated heterocycles. The van der Waals surface area contributed by atoms with Crippen molar-refractivity contribution in [1.29, 1.82) is 0 Å². The monoisotopic (exact) mass is 409 g/mol. The van der Waals surface area contributed by atoms with Gasteiger partial charge in [0, 0.05) is 11.1 Å². The van der Waals surface area contributed by atoms with E-state index in [4.69, 9.17) is 9.47 Å². The van der Waals surface area contributed by atoms with E-state index in [1.165, 1.54) is 11.3 Å². The van der Waals surface area contributed by atoms with Gasteiger partial charge in [0.2, 0.25) is 4.96 Å². The zero-order valence-electron chi connectivity index (χ0n) is 16.2. The molecule has 1 amide bonds. The normalized spacial score (nSPS) is 10.9. The zero-order chi connectivity index (χ0) is 20.4. The molecule has 2 aromatic heterocycles. The van der Waals surface area contributed by atoms with Crippen molar-refractivity contribution in [2.45, 2.75) is 13.8 Å². The maximum Gasteiger partial charge on any atom is 0.255 e. The zero-order valence-corrected chi connectivity index (χ0v) is 17.0. The number of benzene rings is 2. The molecule has 0 atom stereocenters. The maximum absolute atomic E-state index is 12.7. The van der Waals surface area contributed by atoms with Crippen LogP contribution in [0.25, 0.3) is 15.5 Å². The molecule has 4 rings (SSSR count). The molecule has 0 unspecified atom stereocenters. The highest BCUT2D eigenvalue weighted by Gasteiger charge is 2.15. The van der Waals surface area contributed by atoms with Crippen LogP contribution in [0.3, 0.4) is 0 Å². The first-order valence-corrected chi connectivity index (χ1v) is 9.82. The van der Waals surface area contributed by atoms with Crippen LogP contribution in [0, 0.1) is 6.92 Å². The fourth-order valence-electron chi connectivity index (χ4n) is 2.83. The summed E-state index contributed by atoms with van der Waals surface area (Å²) in [7, 11) is 1.56. The Morgan fingerprint density at radius 1 is 1.17 bits per heavy atom. The van der Waals surface area contributed by atoms with Crippen LogP contribution in [-0.4, -0.2) is 39.4 Å². The number of ether oxygens (including phenoxy) is 2. The Morgan fingerprint density at radius 3 is 2.66 bits per heavy atom. The van der Waals surface area contributed by atoms with Crippen molar-refractivity contribution in [2.75, 3.05) is 19.0 Å². The number of amides is 1. The van der Waals surface area contributed by atoms with Crippen LogP contribution in [-0.2, 0) is 0 Å². The van der Waals surface area contributed by atoms with E-state index in [-0.39, 0.29) is 5.91 Å². The highest BCUT2D eigenvalue weighted by molar-refractivity contribution is 7.19. The van der Waals surface area contributed by atoms with Gasteiger partial charge < -0.3 is 14.8 Å². The van der Waals surface area contributed by atoms with Crippen LogP contribution >= 0.6 is 11.3 Å². The van der Waals surface area contributed by atoms with Gasteiger partial charge in [0.1, 0.15) is 16.5 Å². The largest absolute Gasteiger partial charge is 0.495 e. The van der Waals surface area contributed by atoms with Gasteiger partial charge in [-0.1, -0.05) is 11.3 Å². The van der Waals surface area contributed by atoms with E-state index in [1.807, 2.05) is 26.0 Å². The highest BCUT2D eigenvalue weighted by atomic mass is 32.1. The van der Waals surface area contributed by atoms with Crippen LogP contribution in [0.15, 0.2) is 42.5 Å². The van der Waals surface area contributed by atoms with E-state index in [2.05, 4.69) is 20.6 Å². The number of carbonyl (C=O) groups is 1. The van der Waals surface area contributed by atoms with Gasteiger partial charge in [0.05, 0.1) is 19.4 Å². The first-order valence-electron chi connectivity index (χ1n) is 9.00. The summed E-state index contributed by atoms with van der Waals surface area (Å²) in [5.41, 5.74) is 1.93. The molecule has 0 aliphatic carbocycles. The number of rotatable bonds is 6. The van der Waals surface area contributed by atoms with E-state index in [9.17, 15) is 4.79 Å². The van der Waals surface area contributed by atoms with Crippen LogP contribution < -0.4 is 14.8 Å². The molecule has 29 heavy (non-hydrogen) atoms. The average molecular weight is 409 g/mol. The summed E-state index contributed by atoms with van der Waals surface area (Å²) in [5.74, 6) is 1.77. The van der Waals surface area contributed by atoms with Gasteiger partial charge in [-0.2, -0.15) is 9.61 Å². The van der Waals surface area contributed by atoms with Gasteiger partial charge in [0.25, 0.3) is 5.91 Å². The van der Waals surface area contributed by atoms with Crippen molar-refractivity contribution in [3.05, 3.63) is 53.9 Å². The summed E-state index contributed by atoms with van der Waals surface area (Å²) in [4.78, 5) is 13.4. The van der Waals surface area contributed by atoms with Crippen molar-refractivity contribution in [1.82, 2.24) is 19.8 Å². The molecule has 2 aromatic carbocycles. The molecule has 1 N–H and O–H groups in total. The lowest BCUT2D eigenvalue weighted by Crippen LogP contribution is -2.12. The average Bonchev–Trinajstić information content (AvgIpc) is 3.31. The van der Waals surface area contributed by atoms with Crippen LogP contribution in [0.5, 0.6) is 11.5 Å². The number of aromatic nitrogens is 4. The molecule has 4 aromatic rings. The summed E-state index contributed by atoms with van der Waals surface area (Å²) in [5, 5.41) is 16.3. The molecule has 0 spiro atoms. The fourth-order valence-corrected chi connectivity index (χ4v) is 3.72. The van der Waals surface area contributed by atoms with Gasteiger partial charge in [-0.05, 0) is 56.3 Å². The first-order chi connectivity index (χ1) is 14.1. The predicted molar refractivity (Wildman–Crippen MR) is 111 cm³/mol. The second kappa shape index (κ2) is 7.88. The molecule has 148 valence electrons. The van der Waals surface area contributed by atoms with E-state index in [0.717, 1.165) is 22.1 Å². The third-order valence-electron chi connectivity index (χ3n) is 4.27. The number of carbonyl (C=O) groups excluding carboxylic acids is 1. The number of methoxy groups -OCH3 is 1. The summed E-state index contributed by atoms with van der Waals surface area (Å²) >= 11 is 1.43. The second-order valence-electron chi connectivity index (χ2n) is 6.18. The standard InChI is InChI=1S/C20H19N5O3S/c1-4-28-15-8-5-13(6-9-15)18(26)21-16-11-14(7-10-17(16)27-3)19-24-25-12(2)22-23-20(25)29-19/h5-11H,4H2,1-3H3,(H,21,26). The van der Waals surface area contributed by atoms with Crippen molar-refractivity contribution in [3.63, 3.8) is 0 Å². The second-order valence-corrected chi connectivity index (χ2v) is 7.13. The Hall–Kier alpha value is -3.46. The Balaban J connectivity index is 1.61.